The topological polar surface area (TPSA) is 166 Å². The number of carbonyl (C=O) groups is 3. The summed E-state index contributed by atoms with van der Waals surface area (Å²) >= 11 is 0. The second kappa shape index (κ2) is 19.8. The first-order valence-corrected chi connectivity index (χ1v) is 22.4. The van der Waals surface area contributed by atoms with Gasteiger partial charge in [-0.2, -0.15) is 0 Å². The Bertz CT molecular complexity index is 2310. The molecule has 4 aliphatic rings. The van der Waals surface area contributed by atoms with Crippen LogP contribution in [0.2, 0.25) is 0 Å². The van der Waals surface area contributed by atoms with Crippen LogP contribution >= 0.6 is 0 Å². The number of ether oxygens (including phenoxy) is 3. The monoisotopic (exact) mass is 870 g/mol. The van der Waals surface area contributed by atoms with Crippen molar-refractivity contribution < 1.29 is 51.8 Å². The van der Waals surface area contributed by atoms with Gasteiger partial charge in [0.1, 0.15) is 34.2 Å². The molecule has 12 nitrogen and oxygen atoms in total. The maximum atomic E-state index is 14.0. The van der Waals surface area contributed by atoms with Gasteiger partial charge in [0.05, 0.1) is 39.2 Å². The molecule has 6 rings (SSSR count). The van der Waals surface area contributed by atoms with Gasteiger partial charge in [-0.1, -0.05) is 46.5 Å². The maximum absolute atomic E-state index is 14.0. The molecule has 0 aromatic heterocycles. The van der Waals surface area contributed by atoms with Crippen molar-refractivity contribution in [2.75, 3.05) is 6.54 Å². The number of aliphatic hydroxyl groups excluding tert-OH is 2. The number of phenolic OH excluding ortho intramolecular Hbond substituents is 2. The van der Waals surface area contributed by atoms with Gasteiger partial charge in [-0.3, -0.25) is 19.3 Å². The molecule has 0 saturated carbocycles. The van der Waals surface area contributed by atoms with Crippen LogP contribution in [0.3, 0.4) is 0 Å². The van der Waals surface area contributed by atoms with E-state index in [0.717, 1.165) is 35.1 Å². The third-order valence-electron chi connectivity index (χ3n) is 13.2. The Labute approximate surface area is 375 Å². The molecule has 4 N–H and O–H groups in total. The fourth-order valence-corrected chi connectivity index (χ4v) is 9.15. The maximum Gasteiger partial charge on any atom is 0.295 e. The van der Waals surface area contributed by atoms with Gasteiger partial charge in [-0.15, -0.1) is 0 Å². The molecule has 12 heteroatoms. The number of amides is 2. The molecule has 0 radical (unpaired) electrons. The third-order valence-corrected chi connectivity index (χ3v) is 13.2. The SMILES string of the molecule is [2H]C(CC/C(C)=C/CC[C@]1(C)Oc2c(c(O)cc3c2CN(CCC[C@@H](OC=O)N2Cc4c(cc(O)c5c4O[C@@](C)(CC/C=C(\C)CCC([2H])=C(C)C)[C@@H](O)C5)C2=O)C3=O)C[C@@H]1O)=C(C)C. The van der Waals surface area contributed by atoms with E-state index in [4.69, 9.17) is 17.0 Å². The molecule has 2 amide bonds. The summed E-state index contributed by atoms with van der Waals surface area (Å²) in [5, 5.41) is 44.7. The van der Waals surface area contributed by atoms with E-state index in [9.17, 15) is 34.8 Å². The van der Waals surface area contributed by atoms with Crippen LogP contribution in [0.25, 0.3) is 0 Å². The second-order valence-electron chi connectivity index (χ2n) is 18.7. The Kier molecular flexibility index (Phi) is 14.0. The minimum atomic E-state index is -1.02. The molecule has 342 valence electrons. The van der Waals surface area contributed by atoms with Crippen molar-refractivity contribution >= 4 is 18.3 Å². The Morgan fingerprint density at radius 2 is 1.25 bits per heavy atom. The molecule has 4 aliphatic heterocycles. The lowest BCUT2D eigenvalue weighted by atomic mass is 9.84. The number of rotatable bonds is 19. The Morgan fingerprint density at radius 3 is 1.73 bits per heavy atom. The Morgan fingerprint density at radius 1 is 0.778 bits per heavy atom. The van der Waals surface area contributed by atoms with Gasteiger partial charge in [-0.25, -0.2) is 0 Å². The highest BCUT2D eigenvalue weighted by molar-refractivity contribution is 6.01. The molecule has 0 saturated heterocycles. The summed E-state index contributed by atoms with van der Waals surface area (Å²) < 4.78 is 34.8. The van der Waals surface area contributed by atoms with E-state index in [1.54, 1.807) is 4.90 Å². The van der Waals surface area contributed by atoms with Crippen LogP contribution in [0.1, 0.15) is 165 Å². The third kappa shape index (κ3) is 10.5. The normalized spacial score (nSPS) is 23.7. The van der Waals surface area contributed by atoms with Gasteiger partial charge in [0.25, 0.3) is 18.3 Å². The van der Waals surface area contributed by atoms with Gasteiger partial charge >= 0.3 is 0 Å². The fraction of sp³-hybridized carbons (Fsp3) is 0.549. The zero-order valence-corrected chi connectivity index (χ0v) is 38.4. The molecule has 0 unspecified atom stereocenters. The minimum Gasteiger partial charge on any atom is -0.508 e. The van der Waals surface area contributed by atoms with Crippen molar-refractivity contribution in [2.24, 2.45) is 0 Å². The highest BCUT2D eigenvalue weighted by Gasteiger charge is 2.46. The summed E-state index contributed by atoms with van der Waals surface area (Å²) in [7, 11) is 0. The van der Waals surface area contributed by atoms with E-state index in [1.807, 2.05) is 55.4 Å². The molecule has 5 atom stereocenters. The first-order valence-electron chi connectivity index (χ1n) is 23.4. The standard InChI is InChI=1S/C51H68N2O10/c1-31(2)14-9-16-33(5)18-11-21-50(7)43(57)26-37-41(55)24-35-39(46(37)62-50)28-52(48(35)59)23-13-20-45(61-30-54)53-29-40-36(49(53)60)25-42(56)38-27-44(58)51(8,63-47(38)40)22-12-19-34(6)17-10-15-32(3)4/h14-15,18-19,24-25,30,43-45,55-58H,9-13,16-17,20-23,26-29H2,1-8H3/b33-18+,34-19+/t43-,44-,45+,50-,51-/m0/s1/i14D,15D. The fourth-order valence-electron chi connectivity index (χ4n) is 9.15. The van der Waals surface area contributed by atoms with Gasteiger partial charge < -0.3 is 39.5 Å². The van der Waals surface area contributed by atoms with Crippen LogP contribution in [-0.4, -0.2) is 84.7 Å². The van der Waals surface area contributed by atoms with Crippen molar-refractivity contribution in [3.05, 3.63) is 92.1 Å². The number of carbonyl (C=O) groups excluding carboxylic acids is 3. The van der Waals surface area contributed by atoms with E-state index in [2.05, 4.69) is 12.2 Å². The second-order valence-corrected chi connectivity index (χ2v) is 18.7. The molecule has 0 aliphatic carbocycles. The average Bonchev–Trinajstić information content (AvgIpc) is 3.74. The number of hydrogen-bond donors (Lipinski definition) is 4. The smallest absolute Gasteiger partial charge is 0.295 e. The number of fused-ring (bicyclic) bond motifs is 6. The number of aliphatic hydroxyl groups is 2. The average molecular weight is 871 g/mol. The zero-order valence-electron chi connectivity index (χ0n) is 40.4. The number of aromatic hydroxyl groups is 2. The van der Waals surface area contributed by atoms with Gasteiger partial charge in [0, 0.05) is 48.1 Å². The van der Waals surface area contributed by atoms with Crippen LogP contribution in [0.4, 0.5) is 0 Å². The number of allylic oxidation sites excluding steroid dienone is 8. The lowest BCUT2D eigenvalue weighted by Crippen LogP contribution is -2.49. The van der Waals surface area contributed by atoms with E-state index >= 15 is 0 Å². The van der Waals surface area contributed by atoms with Crippen molar-refractivity contribution in [2.45, 2.75) is 175 Å². The number of hydrogen-bond acceptors (Lipinski definition) is 10. The summed E-state index contributed by atoms with van der Waals surface area (Å²) in [5.74, 6) is -0.259. The lowest BCUT2D eigenvalue weighted by molar-refractivity contribution is -0.141. The predicted molar refractivity (Wildman–Crippen MR) is 242 cm³/mol. The van der Waals surface area contributed by atoms with E-state index < -0.39 is 35.5 Å². The molecule has 2 aromatic carbocycles. The summed E-state index contributed by atoms with van der Waals surface area (Å²) in [4.78, 5) is 42.7. The quantitative estimate of drug-likeness (QED) is 0.0791. The van der Waals surface area contributed by atoms with Gasteiger partial charge in [-0.05, 0) is 125 Å². The molecule has 0 bridgehead atoms. The number of benzene rings is 2. The summed E-state index contributed by atoms with van der Waals surface area (Å²) in [6, 6.07) is 4.08. The van der Waals surface area contributed by atoms with Crippen molar-refractivity contribution in [3.8, 4) is 23.0 Å². The van der Waals surface area contributed by atoms with Crippen LogP contribution < -0.4 is 9.47 Å². The highest BCUT2D eigenvalue weighted by atomic mass is 16.5. The molecular weight excluding hydrogens is 801 g/mol. The van der Waals surface area contributed by atoms with E-state index in [-0.39, 0.29) is 61.9 Å². The van der Waals surface area contributed by atoms with Crippen molar-refractivity contribution in [1.29, 1.82) is 0 Å². The Hall–Kier alpha value is -5.07. The van der Waals surface area contributed by atoms with Crippen LogP contribution in [0.5, 0.6) is 23.0 Å². The van der Waals surface area contributed by atoms with Crippen molar-refractivity contribution in [3.63, 3.8) is 0 Å². The molecule has 0 spiro atoms. The Balaban J connectivity index is 1.10. The number of nitrogens with zero attached hydrogens (tertiary/aromatic N) is 2. The first-order chi connectivity index (χ1) is 30.7. The lowest BCUT2D eigenvalue weighted by Gasteiger charge is -2.41. The summed E-state index contributed by atoms with van der Waals surface area (Å²) in [5.41, 5.74) is 4.89. The summed E-state index contributed by atoms with van der Waals surface area (Å²) in [6.07, 6.45) is 7.32. The van der Waals surface area contributed by atoms with Crippen LogP contribution in [0, 0.1) is 0 Å². The van der Waals surface area contributed by atoms with Crippen LogP contribution in [0.15, 0.2) is 58.7 Å². The largest absolute Gasteiger partial charge is 0.508 e. The molecule has 0 fully saturated rings. The summed E-state index contributed by atoms with van der Waals surface area (Å²) in [6.45, 7) is 16.3. The molecule has 4 heterocycles. The number of phenols is 2. The van der Waals surface area contributed by atoms with E-state index in [0.29, 0.717) is 103 Å². The molecular formula is C51H68N2O10. The first kappa shape index (κ1) is 44.5. The van der Waals surface area contributed by atoms with E-state index in [1.165, 1.54) is 17.0 Å². The zero-order chi connectivity index (χ0) is 47.5. The van der Waals surface area contributed by atoms with Crippen LogP contribution in [-0.2, 0) is 35.5 Å². The van der Waals surface area contributed by atoms with Gasteiger partial charge in [0.15, 0.2) is 6.23 Å². The predicted octanol–water partition coefficient (Wildman–Crippen LogP) is 9.04. The van der Waals surface area contributed by atoms with Gasteiger partial charge in [0.2, 0.25) is 0 Å². The molecule has 63 heavy (non-hydrogen) atoms. The van der Waals surface area contributed by atoms with Crippen molar-refractivity contribution in [1.82, 2.24) is 9.80 Å². The molecule has 2 aromatic rings. The minimum absolute atomic E-state index is 0.0408. The highest BCUT2D eigenvalue weighted by Crippen LogP contribution is 2.48.